The molecular formula is C21H38BNO5. The van der Waals surface area contributed by atoms with Gasteiger partial charge in [0.2, 0.25) is 0 Å². The second-order valence-corrected chi connectivity index (χ2v) is 8.51. The van der Waals surface area contributed by atoms with Crippen molar-refractivity contribution in [3.05, 3.63) is 0 Å². The van der Waals surface area contributed by atoms with Gasteiger partial charge in [0, 0.05) is 12.6 Å². The molecule has 2 rings (SSSR count). The first-order valence-corrected chi connectivity index (χ1v) is 11.1. The van der Waals surface area contributed by atoms with E-state index in [-0.39, 0.29) is 44.1 Å². The van der Waals surface area contributed by atoms with Crippen LogP contribution in [0.5, 0.6) is 0 Å². The van der Waals surface area contributed by atoms with Gasteiger partial charge in [0.05, 0.1) is 26.3 Å². The van der Waals surface area contributed by atoms with Crippen LogP contribution in [-0.4, -0.2) is 62.7 Å². The summed E-state index contributed by atoms with van der Waals surface area (Å²) in [4.78, 5) is 26.5. The highest BCUT2D eigenvalue weighted by Gasteiger charge is 2.37. The number of hydrogen-bond donors (Lipinski definition) is 0. The van der Waals surface area contributed by atoms with Crippen LogP contribution in [0.1, 0.15) is 65.2 Å². The molecular weight excluding hydrogens is 357 g/mol. The fourth-order valence-electron chi connectivity index (χ4n) is 4.79. The molecule has 0 aliphatic heterocycles. The Hall–Kier alpha value is -1.08. The first-order valence-electron chi connectivity index (χ1n) is 11.1. The van der Waals surface area contributed by atoms with Crippen LogP contribution < -0.4 is 0 Å². The lowest BCUT2D eigenvalue weighted by Gasteiger charge is -2.32. The molecule has 160 valence electrons. The molecule has 6 nitrogen and oxygen atoms in total. The van der Waals surface area contributed by atoms with Crippen molar-refractivity contribution in [1.82, 2.24) is 4.90 Å². The van der Waals surface area contributed by atoms with E-state index in [4.69, 9.17) is 14.1 Å². The number of rotatable bonds is 11. The molecule has 0 N–H and O–H groups in total. The van der Waals surface area contributed by atoms with E-state index in [9.17, 15) is 9.59 Å². The minimum atomic E-state index is -0.329. The Kier molecular flexibility index (Phi) is 9.79. The maximum Gasteiger partial charge on any atom is 0.361 e. The lowest BCUT2D eigenvalue weighted by Crippen LogP contribution is -2.48. The van der Waals surface area contributed by atoms with Crippen molar-refractivity contribution >= 4 is 18.9 Å². The number of nitrogens with zero attached hydrogens (tertiary/aromatic N) is 1. The van der Waals surface area contributed by atoms with E-state index in [0.29, 0.717) is 11.7 Å². The Balaban J connectivity index is 1.95. The first kappa shape index (κ1) is 23.2. The SMILES string of the molecule is CCCCO[C@H]1CCC[C@@H]1N(CC(=O)OC)CC(=O)OB(C)[C@H]1CCC[C@@H]1C. The second kappa shape index (κ2) is 11.8. The van der Waals surface area contributed by atoms with Gasteiger partial charge < -0.3 is 14.1 Å². The predicted octanol–water partition coefficient (Wildman–Crippen LogP) is 3.55. The zero-order chi connectivity index (χ0) is 20.5. The molecule has 0 aromatic rings. The number of carbonyl (C=O) groups excluding carboxylic acids is 2. The van der Waals surface area contributed by atoms with Gasteiger partial charge in [-0.25, -0.2) is 0 Å². The summed E-state index contributed by atoms with van der Waals surface area (Å²) in [6.45, 7) is 7.23. The van der Waals surface area contributed by atoms with Gasteiger partial charge in [-0.2, -0.15) is 0 Å². The summed E-state index contributed by atoms with van der Waals surface area (Å²) < 4.78 is 16.7. The first-order chi connectivity index (χ1) is 13.5. The summed E-state index contributed by atoms with van der Waals surface area (Å²) in [5.74, 6) is 0.453. The summed E-state index contributed by atoms with van der Waals surface area (Å²) in [5, 5.41) is 0. The topological polar surface area (TPSA) is 65.1 Å². The van der Waals surface area contributed by atoms with Crippen molar-refractivity contribution in [1.29, 1.82) is 0 Å². The third-order valence-corrected chi connectivity index (χ3v) is 6.46. The Bertz CT molecular complexity index is 503. The van der Waals surface area contributed by atoms with Crippen LogP contribution in [0.3, 0.4) is 0 Å². The number of carbonyl (C=O) groups is 2. The normalized spacial score (nSPS) is 27.2. The van der Waals surface area contributed by atoms with Gasteiger partial charge in [-0.1, -0.05) is 39.5 Å². The predicted molar refractivity (Wildman–Crippen MR) is 110 cm³/mol. The zero-order valence-electron chi connectivity index (χ0n) is 18.2. The monoisotopic (exact) mass is 395 g/mol. The van der Waals surface area contributed by atoms with Crippen LogP contribution >= 0.6 is 0 Å². The van der Waals surface area contributed by atoms with E-state index < -0.39 is 0 Å². The van der Waals surface area contributed by atoms with Crippen molar-refractivity contribution in [3.63, 3.8) is 0 Å². The molecule has 2 aliphatic carbocycles. The molecule has 0 saturated heterocycles. The Morgan fingerprint density at radius 3 is 2.43 bits per heavy atom. The molecule has 0 aromatic carbocycles. The van der Waals surface area contributed by atoms with Crippen molar-refractivity contribution in [2.45, 2.75) is 90.0 Å². The fourth-order valence-corrected chi connectivity index (χ4v) is 4.79. The summed E-state index contributed by atoms with van der Waals surface area (Å²) >= 11 is 0. The van der Waals surface area contributed by atoms with E-state index in [1.165, 1.54) is 20.0 Å². The largest absolute Gasteiger partial charge is 0.535 e. The summed E-state index contributed by atoms with van der Waals surface area (Å²) in [5.41, 5.74) is 0. The maximum atomic E-state index is 12.7. The molecule has 0 bridgehead atoms. The van der Waals surface area contributed by atoms with Gasteiger partial charge >= 0.3 is 18.9 Å². The van der Waals surface area contributed by atoms with Crippen LogP contribution in [0.15, 0.2) is 0 Å². The standard InChI is InChI=1S/C21H38BNO5/c1-5-6-13-27-19-12-8-11-18(19)23(14-20(24)26-4)15-21(25)28-22(3)17-10-7-9-16(17)2/h16-19H,5-15H2,1-4H3/t16-,17-,18-,19-/m0/s1. The highest BCUT2D eigenvalue weighted by Crippen LogP contribution is 2.38. The molecule has 28 heavy (non-hydrogen) atoms. The third kappa shape index (κ3) is 6.76. The van der Waals surface area contributed by atoms with Gasteiger partial charge in [-0.3, -0.25) is 14.5 Å². The van der Waals surface area contributed by atoms with Crippen LogP contribution in [0.25, 0.3) is 0 Å². The Morgan fingerprint density at radius 2 is 1.79 bits per heavy atom. The van der Waals surface area contributed by atoms with Gasteiger partial charge in [0.1, 0.15) is 0 Å². The van der Waals surface area contributed by atoms with E-state index in [0.717, 1.165) is 45.1 Å². The highest BCUT2D eigenvalue weighted by atomic mass is 16.5. The number of unbranched alkanes of at least 4 members (excludes halogenated alkanes) is 1. The second-order valence-electron chi connectivity index (χ2n) is 8.51. The molecule has 4 atom stereocenters. The maximum absolute atomic E-state index is 12.7. The van der Waals surface area contributed by atoms with E-state index in [1.54, 1.807) is 0 Å². The Labute approximate surface area is 170 Å². The number of esters is 1. The molecule has 2 aliphatic rings. The number of methoxy groups -OCH3 is 1. The number of hydrogen-bond acceptors (Lipinski definition) is 6. The van der Waals surface area contributed by atoms with Crippen LogP contribution in [-0.2, 0) is 23.7 Å². The minimum absolute atomic E-state index is 0.0595. The van der Waals surface area contributed by atoms with E-state index >= 15 is 0 Å². The molecule has 0 amide bonds. The lowest BCUT2D eigenvalue weighted by molar-refractivity contribution is -0.145. The summed E-state index contributed by atoms with van der Waals surface area (Å²) in [7, 11) is 1.38. The smallest absolute Gasteiger partial charge is 0.361 e. The Morgan fingerprint density at radius 1 is 1.07 bits per heavy atom. The third-order valence-electron chi connectivity index (χ3n) is 6.46. The minimum Gasteiger partial charge on any atom is -0.535 e. The molecule has 2 fully saturated rings. The zero-order valence-corrected chi connectivity index (χ0v) is 18.2. The summed E-state index contributed by atoms with van der Waals surface area (Å²) in [6.07, 6.45) is 8.67. The average molecular weight is 395 g/mol. The van der Waals surface area contributed by atoms with Crippen molar-refractivity contribution in [2.24, 2.45) is 5.92 Å². The molecule has 2 saturated carbocycles. The summed E-state index contributed by atoms with van der Waals surface area (Å²) in [6, 6.07) is 0.0595. The number of ether oxygens (including phenoxy) is 2. The van der Waals surface area contributed by atoms with E-state index in [1.807, 2.05) is 11.7 Å². The van der Waals surface area contributed by atoms with Crippen molar-refractivity contribution in [3.8, 4) is 0 Å². The molecule has 0 spiro atoms. The van der Waals surface area contributed by atoms with Crippen molar-refractivity contribution < 1.29 is 23.7 Å². The van der Waals surface area contributed by atoms with Crippen LogP contribution in [0.4, 0.5) is 0 Å². The fraction of sp³-hybridized carbons (Fsp3) is 0.905. The van der Waals surface area contributed by atoms with Gasteiger partial charge in [-0.05, 0) is 44.2 Å². The molecule has 0 unspecified atom stereocenters. The van der Waals surface area contributed by atoms with Gasteiger partial charge in [0.25, 0.3) is 0 Å². The lowest BCUT2D eigenvalue weighted by atomic mass is 9.55. The highest BCUT2D eigenvalue weighted by molar-refractivity contribution is 6.54. The van der Waals surface area contributed by atoms with Crippen LogP contribution in [0, 0.1) is 5.92 Å². The van der Waals surface area contributed by atoms with Crippen molar-refractivity contribution in [2.75, 3.05) is 26.8 Å². The molecule has 0 heterocycles. The molecule has 0 aromatic heterocycles. The van der Waals surface area contributed by atoms with E-state index in [2.05, 4.69) is 13.8 Å². The van der Waals surface area contributed by atoms with Crippen LogP contribution in [0.2, 0.25) is 12.6 Å². The van der Waals surface area contributed by atoms with Gasteiger partial charge in [0.15, 0.2) is 0 Å². The molecule has 0 radical (unpaired) electrons. The average Bonchev–Trinajstić information content (AvgIpc) is 3.30. The quantitative estimate of drug-likeness (QED) is 0.303. The van der Waals surface area contributed by atoms with Gasteiger partial charge in [-0.15, -0.1) is 0 Å². The molecule has 7 heteroatoms.